The summed E-state index contributed by atoms with van der Waals surface area (Å²) in [6, 6.07) is 0. The zero-order chi connectivity index (χ0) is 20.7. The van der Waals surface area contributed by atoms with Gasteiger partial charge in [0.15, 0.2) is 0 Å². The van der Waals surface area contributed by atoms with Crippen molar-refractivity contribution in [2.75, 3.05) is 27.9 Å². The summed E-state index contributed by atoms with van der Waals surface area (Å²) in [5.41, 5.74) is 0.530. The van der Waals surface area contributed by atoms with E-state index in [1.165, 1.54) is 19.7 Å². The van der Waals surface area contributed by atoms with Crippen LogP contribution in [0.5, 0.6) is 0 Å². The minimum atomic E-state index is -0.953. The zero-order valence-electron chi connectivity index (χ0n) is 17.5. The first-order chi connectivity index (χ1) is 13.2. The van der Waals surface area contributed by atoms with Gasteiger partial charge >= 0.3 is 11.9 Å². The van der Waals surface area contributed by atoms with Gasteiger partial charge in [-0.2, -0.15) is 0 Å². The van der Waals surface area contributed by atoms with Gasteiger partial charge in [0.2, 0.25) is 0 Å². The molecule has 1 saturated carbocycles. The van der Waals surface area contributed by atoms with Crippen LogP contribution >= 0.6 is 0 Å². The summed E-state index contributed by atoms with van der Waals surface area (Å²) < 4.78 is 23.3. The Hall–Kier alpha value is -1.48. The Morgan fingerprint density at radius 1 is 1.29 bits per heavy atom. The van der Waals surface area contributed by atoms with Gasteiger partial charge in [-0.15, -0.1) is 0 Å². The minimum absolute atomic E-state index is 0.0711. The van der Waals surface area contributed by atoms with Gasteiger partial charge in [-0.1, -0.05) is 11.6 Å². The summed E-state index contributed by atoms with van der Waals surface area (Å²) in [6.07, 6.45) is 3.40. The van der Waals surface area contributed by atoms with Gasteiger partial charge in [0.25, 0.3) is 0 Å². The molecule has 0 bridgehead atoms. The van der Waals surface area contributed by atoms with E-state index in [1.54, 1.807) is 7.11 Å². The molecule has 2 saturated heterocycles. The Morgan fingerprint density at radius 3 is 2.50 bits per heavy atom. The maximum Gasteiger partial charge on any atom is 0.399 e. The number of epoxide rings is 2. The van der Waals surface area contributed by atoms with Gasteiger partial charge < -0.3 is 18.9 Å². The number of nitrogens with zero attached hydrogens (tertiary/aromatic N) is 1. The predicted octanol–water partition coefficient (Wildman–Crippen LogP) is 1.63. The number of carbonyl (C=O) groups is 2. The molecular weight excluding hydrogens is 366 g/mol. The Labute approximate surface area is 166 Å². The zero-order valence-corrected chi connectivity index (χ0v) is 17.5. The number of rotatable bonds is 6. The fraction of sp³-hybridized carbons (Fsp3) is 0.800. The second-order valence-electron chi connectivity index (χ2n) is 8.31. The standard InChI is InChI=1S/C20H31NO7/c1-12(2)7-8-14-19(3,28-14)16-15(24-5)13(9-10-20(16)11-26-20)27-18(23)17(22)21(4)25-6/h7,13-16H,8-11H2,1-6H3/t13-,14-,15-,16-,19+,20+/m1/s1. The summed E-state index contributed by atoms with van der Waals surface area (Å²) in [5, 5.41) is 0.844. The second-order valence-corrected chi connectivity index (χ2v) is 8.31. The van der Waals surface area contributed by atoms with Gasteiger partial charge in [-0.05, 0) is 40.0 Å². The number of likely N-dealkylation sites (N-methyl/N-ethyl adjacent to an activating group) is 1. The largest absolute Gasteiger partial charge is 0.452 e. The molecule has 158 valence electrons. The molecule has 6 atom stereocenters. The van der Waals surface area contributed by atoms with Crippen LogP contribution in [0.1, 0.15) is 40.0 Å². The molecular formula is C20H31NO7. The molecule has 0 aromatic carbocycles. The van der Waals surface area contributed by atoms with Gasteiger partial charge in [0, 0.05) is 14.2 Å². The average molecular weight is 397 g/mol. The van der Waals surface area contributed by atoms with Crippen molar-refractivity contribution in [2.24, 2.45) is 5.92 Å². The van der Waals surface area contributed by atoms with Gasteiger partial charge in [0.1, 0.15) is 23.4 Å². The number of hydrogen-bond donors (Lipinski definition) is 0. The molecule has 3 aliphatic rings. The van der Waals surface area contributed by atoms with E-state index in [1.807, 2.05) is 0 Å². The first-order valence-corrected chi connectivity index (χ1v) is 9.69. The normalized spacial score (nSPS) is 38.6. The quantitative estimate of drug-likeness (QED) is 0.221. The van der Waals surface area contributed by atoms with Crippen molar-refractivity contribution in [3.63, 3.8) is 0 Å². The monoisotopic (exact) mass is 397 g/mol. The van der Waals surface area contributed by atoms with Crippen LogP contribution in [-0.2, 0) is 33.4 Å². The molecule has 0 N–H and O–H groups in total. The van der Waals surface area contributed by atoms with Gasteiger partial charge in [0.05, 0.1) is 25.7 Å². The first-order valence-electron chi connectivity index (χ1n) is 9.69. The molecule has 0 aromatic heterocycles. The van der Waals surface area contributed by atoms with E-state index in [2.05, 4.69) is 26.8 Å². The molecule has 0 aromatic rings. The van der Waals surface area contributed by atoms with Crippen molar-refractivity contribution >= 4 is 11.9 Å². The van der Waals surface area contributed by atoms with Crippen LogP contribution in [0, 0.1) is 5.92 Å². The molecule has 1 amide bonds. The number of hydrogen-bond acceptors (Lipinski definition) is 7. The Kier molecular flexibility index (Phi) is 5.87. The van der Waals surface area contributed by atoms with E-state index in [0.29, 0.717) is 13.0 Å². The maximum atomic E-state index is 12.2. The fourth-order valence-electron chi connectivity index (χ4n) is 4.47. The van der Waals surface area contributed by atoms with Crippen LogP contribution in [0.25, 0.3) is 0 Å². The lowest BCUT2D eigenvalue weighted by Gasteiger charge is -2.42. The summed E-state index contributed by atoms with van der Waals surface area (Å²) in [6.45, 7) is 6.85. The molecule has 8 nitrogen and oxygen atoms in total. The summed E-state index contributed by atoms with van der Waals surface area (Å²) >= 11 is 0. The lowest BCUT2D eigenvalue weighted by atomic mass is 9.68. The van der Waals surface area contributed by atoms with Crippen LogP contribution < -0.4 is 0 Å². The molecule has 1 aliphatic carbocycles. The number of amides is 1. The molecule has 28 heavy (non-hydrogen) atoms. The molecule has 3 fully saturated rings. The number of allylic oxidation sites excluding steroid dienone is 1. The van der Waals surface area contributed by atoms with E-state index in [9.17, 15) is 9.59 Å². The number of hydroxylamine groups is 2. The smallest absolute Gasteiger partial charge is 0.399 e. The van der Waals surface area contributed by atoms with Gasteiger partial charge in [-0.3, -0.25) is 9.63 Å². The number of ether oxygens (including phenoxy) is 4. The van der Waals surface area contributed by atoms with Crippen LogP contribution in [0.2, 0.25) is 0 Å². The lowest BCUT2D eigenvalue weighted by molar-refractivity contribution is -0.193. The fourth-order valence-corrected chi connectivity index (χ4v) is 4.47. The first kappa shape index (κ1) is 21.2. The van der Waals surface area contributed by atoms with Crippen molar-refractivity contribution in [1.29, 1.82) is 0 Å². The van der Waals surface area contributed by atoms with Crippen LogP contribution in [-0.4, -0.2) is 74.3 Å². The highest BCUT2D eigenvalue weighted by molar-refractivity contribution is 6.32. The molecule has 3 rings (SSSR count). The van der Waals surface area contributed by atoms with E-state index in [0.717, 1.165) is 17.9 Å². The third kappa shape index (κ3) is 3.83. The predicted molar refractivity (Wildman–Crippen MR) is 99.2 cm³/mol. The molecule has 0 unspecified atom stereocenters. The van der Waals surface area contributed by atoms with E-state index in [4.69, 9.17) is 23.8 Å². The molecule has 8 heteroatoms. The van der Waals surface area contributed by atoms with E-state index in [-0.39, 0.29) is 17.6 Å². The third-order valence-corrected chi connectivity index (χ3v) is 6.23. The Balaban J connectivity index is 1.75. The number of carbonyl (C=O) groups excluding carboxylic acids is 2. The Bertz CT molecular complexity index is 655. The summed E-state index contributed by atoms with van der Waals surface area (Å²) in [5.74, 6) is -1.89. The number of methoxy groups -OCH3 is 1. The topological polar surface area (TPSA) is 90.1 Å². The molecule has 2 heterocycles. The van der Waals surface area contributed by atoms with E-state index >= 15 is 0 Å². The van der Waals surface area contributed by atoms with Crippen molar-refractivity contribution in [1.82, 2.24) is 5.06 Å². The third-order valence-electron chi connectivity index (χ3n) is 6.23. The summed E-state index contributed by atoms with van der Waals surface area (Å²) in [7, 11) is 4.27. The highest BCUT2D eigenvalue weighted by Crippen LogP contribution is 2.59. The highest BCUT2D eigenvalue weighted by Gasteiger charge is 2.72. The van der Waals surface area contributed by atoms with Crippen LogP contribution in [0.3, 0.4) is 0 Å². The highest BCUT2D eigenvalue weighted by atomic mass is 16.7. The van der Waals surface area contributed by atoms with Crippen molar-refractivity contribution in [3.8, 4) is 0 Å². The maximum absolute atomic E-state index is 12.2. The van der Waals surface area contributed by atoms with E-state index < -0.39 is 29.7 Å². The SMILES string of the molecule is CO[C@@H]1[C@H](OC(=O)C(=O)N(C)OC)CC[C@]2(CO2)[C@H]1[C@@]1(C)O[C@@H]1CC=C(C)C. The molecule has 2 aliphatic heterocycles. The average Bonchev–Trinajstić information content (AvgIpc) is 3.57. The van der Waals surface area contributed by atoms with Crippen molar-refractivity contribution in [2.45, 2.75) is 69.5 Å². The van der Waals surface area contributed by atoms with Gasteiger partial charge in [-0.25, -0.2) is 9.86 Å². The summed E-state index contributed by atoms with van der Waals surface area (Å²) in [4.78, 5) is 29.0. The van der Waals surface area contributed by atoms with Crippen molar-refractivity contribution < 1.29 is 33.4 Å². The Morgan fingerprint density at radius 2 is 1.96 bits per heavy atom. The van der Waals surface area contributed by atoms with Crippen LogP contribution in [0.15, 0.2) is 11.6 Å². The number of esters is 1. The second kappa shape index (κ2) is 7.74. The minimum Gasteiger partial charge on any atom is -0.452 e. The molecule has 0 radical (unpaired) electrons. The van der Waals surface area contributed by atoms with Crippen LogP contribution in [0.4, 0.5) is 0 Å². The molecule has 1 spiro atoms. The lowest BCUT2D eigenvalue weighted by Crippen LogP contribution is -2.56. The van der Waals surface area contributed by atoms with Crippen molar-refractivity contribution in [3.05, 3.63) is 11.6 Å².